The van der Waals surface area contributed by atoms with E-state index < -0.39 is 0 Å². The van der Waals surface area contributed by atoms with Gasteiger partial charge in [0.1, 0.15) is 0 Å². The number of para-hydroxylation sites is 2. The van der Waals surface area contributed by atoms with Crippen LogP contribution in [0.15, 0.2) is 152 Å². The molecule has 206 valence electrons. The molecule has 2 heterocycles. The molecule has 1 atom stereocenters. The average molecular weight is 561 g/mol. The predicted octanol–water partition coefficient (Wildman–Crippen LogP) is 11.4. The van der Waals surface area contributed by atoms with Crippen LogP contribution in [0.3, 0.4) is 0 Å². The smallest absolute Gasteiger partial charge is 0.0754 e. The molecule has 2 heteroatoms. The minimum Gasteiger partial charge on any atom is -0.306 e. The number of hydrogen-bond acceptors (Lipinski definition) is 2. The molecule has 3 aliphatic rings. The van der Waals surface area contributed by atoms with Crippen LogP contribution in [0.5, 0.6) is 0 Å². The van der Waals surface area contributed by atoms with Gasteiger partial charge in [0.05, 0.1) is 28.4 Å². The van der Waals surface area contributed by atoms with E-state index in [1.807, 2.05) is 0 Å². The van der Waals surface area contributed by atoms with E-state index in [9.17, 15) is 0 Å². The van der Waals surface area contributed by atoms with Gasteiger partial charge in [-0.1, -0.05) is 109 Å². The molecule has 1 unspecified atom stereocenters. The number of anilines is 6. The highest BCUT2D eigenvalue weighted by molar-refractivity contribution is 6.09. The third kappa shape index (κ3) is 2.95. The third-order valence-corrected chi connectivity index (χ3v) is 10.1. The molecule has 0 saturated heterocycles. The summed E-state index contributed by atoms with van der Waals surface area (Å²) in [5.74, 6) is 0. The Bertz CT molecular complexity index is 2320. The molecule has 1 aliphatic carbocycles. The predicted molar refractivity (Wildman–Crippen MR) is 183 cm³/mol. The number of rotatable bonds is 2. The van der Waals surface area contributed by atoms with Crippen molar-refractivity contribution >= 4 is 44.9 Å². The number of fused-ring (bicyclic) bond motifs is 9. The Morgan fingerprint density at radius 2 is 1.11 bits per heavy atom. The summed E-state index contributed by atoms with van der Waals surface area (Å²) in [6.45, 7) is 2.43. The molecule has 2 aliphatic heterocycles. The maximum Gasteiger partial charge on any atom is 0.0754 e. The lowest BCUT2D eigenvalue weighted by molar-refractivity contribution is 0.701. The lowest BCUT2D eigenvalue weighted by atomic mass is 9.70. The molecule has 10 rings (SSSR count). The summed E-state index contributed by atoms with van der Waals surface area (Å²) in [7, 11) is 0. The number of hydrogen-bond donors (Lipinski definition) is 0. The molecule has 7 aromatic rings. The normalized spacial score (nSPS) is 16.8. The van der Waals surface area contributed by atoms with Crippen LogP contribution in [0.2, 0.25) is 0 Å². The molecule has 0 fully saturated rings. The summed E-state index contributed by atoms with van der Waals surface area (Å²) in [4.78, 5) is 5.01. The summed E-state index contributed by atoms with van der Waals surface area (Å²) in [6.07, 6.45) is 0. The van der Waals surface area contributed by atoms with Crippen LogP contribution in [0.25, 0.3) is 33.0 Å². The fourth-order valence-corrected chi connectivity index (χ4v) is 8.17. The minimum atomic E-state index is -0.241. The topological polar surface area (TPSA) is 6.48 Å². The van der Waals surface area contributed by atoms with Gasteiger partial charge in [-0.3, -0.25) is 0 Å². The van der Waals surface area contributed by atoms with Crippen LogP contribution < -0.4 is 9.80 Å². The van der Waals surface area contributed by atoms with Crippen molar-refractivity contribution in [2.75, 3.05) is 9.80 Å². The zero-order chi connectivity index (χ0) is 29.0. The molecular formula is C42H28N2. The van der Waals surface area contributed by atoms with E-state index >= 15 is 0 Å². The summed E-state index contributed by atoms with van der Waals surface area (Å²) < 4.78 is 0. The molecular weight excluding hydrogens is 532 g/mol. The second kappa shape index (κ2) is 8.49. The van der Waals surface area contributed by atoms with Crippen LogP contribution >= 0.6 is 0 Å². The number of nitrogens with zero attached hydrogens (tertiary/aromatic N) is 2. The molecule has 0 radical (unpaired) electrons. The number of benzene rings is 7. The molecule has 0 amide bonds. The second-order valence-corrected chi connectivity index (χ2v) is 12.3. The molecule has 0 N–H and O–H groups in total. The first-order valence-corrected chi connectivity index (χ1v) is 15.4. The van der Waals surface area contributed by atoms with Gasteiger partial charge >= 0.3 is 0 Å². The van der Waals surface area contributed by atoms with Gasteiger partial charge in [-0.25, -0.2) is 0 Å². The maximum atomic E-state index is 2.54. The van der Waals surface area contributed by atoms with Crippen molar-refractivity contribution in [3.8, 4) is 22.3 Å². The van der Waals surface area contributed by atoms with Crippen molar-refractivity contribution in [3.63, 3.8) is 0 Å². The van der Waals surface area contributed by atoms with Crippen molar-refractivity contribution in [3.05, 3.63) is 168 Å². The molecule has 0 bridgehead atoms. The van der Waals surface area contributed by atoms with Crippen LogP contribution in [0, 0.1) is 0 Å². The van der Waals surface area contributed by atoms with Gasteiger partial charge in [-0.05, 0) is 93.5 Å². The zero-order valence-corrected chi connectivity index (χ0v) is 24.3. The Kier molecular flexibility index (Phi) is 4.61. The van der Waals surface area contributed by atoms with Crippen LogP contribution in [0.4, 0.5) is 34.1 Å². The van der Waals surface area contributed by atoms with Crippen molar-refractivity contribution in [1.82, 2.24) is 0 Å². The Labute approximate surface area is 257 Å². The highest BCUT2D eigenvalue weighted by Gasteiger charge is 2.51. The van der Waals surface area contributed by atoms with Gasteiger partial charge < -0.3 is 9.80 Å². The summed E-state index contributed by atoms with van der Waals surface area (Å²) >= 11 is 0. The summed E-state index contributed by atoms with van der Waals surface area (Å²) in [5, 5.41) is 2.52. The van der Waals surface area contributed by atoms with E-state index in [1.165, 1.54) is 78.2 Å². The van der Waals surface area contributed by atoms with E-state index in [4.69, 9.17) is 0 Å². The molecule has 7 aromatic carbocycles. The fraction of sp³-hybridized carbons (Fsp3) is 0.0476. The quantitative estimate of drug-likeness (QED) is 0.207. The largest absolute Gasteiger partial charge is 0.306 e. The monoisotopic (exact) mass is 560 g/mol. The van der Waals surface area contributed by atoms with E-state index in [0.717, 1.165) is 5.69 Å². The third-order valence-electron chi connectivity index (χ3n) is 10.1. The van der Waals surface area contributed by atoms with Crippen LogP contribution in [0.1, 0.15) is 23.6 Å². The SMILES string of the molecule is CC12c3ccccc3-c3ccc4c(c31)N(c1ccc(-c3ccc5ccccc5c3)cc1N4c1ccccc1)c1ccccc12. The van der Waals surface area contributed by atoms with Crippen molar-refractivity contribution in [2.24, 2.45) is 0 Å². The standard InChI is InChI=1S/C42H28N2/c1-42-34-16-8-7-15-32(34)33-22-24-38-41(40(33)42)44(36-18-10-9-17-35(36)42)37-23-21-30(26-39(37)43(38)31-13-3-2-4-14-31)29-20-19-27-11-5-6-12-28(27)25-29/h2-26H,1H3. The minimum absolute atomic E-state index is 0.241. The Balaban J connectivity index is 1.29. The molecule has 44 heavy (non-hydrogen) atoms. The summed E-state index contributed by atoms with van der Waals surface area (Å²) in [5.41, 5.74) is 16.3. The average Bonchev–Trinajstić information content (AvgIpc) is 3.36. The Morgan fingerprint density at radius 3 is 2.00 bits per heavy atom. The maximum absolute atomic E-state index is 2.54. The van der Waals surface area contributed by atoms with Crippen molar-refractivity contribution in [2.45, 2.75) is 12.3 Å². The van der Waals surface area contributed by atoms with Crippen LogP contribution in [-0.2, 0) is 5.41 Å². The molecule has 0 spiro atoms. The van der Waals surface area contributed by atoms with Gasteiger partial charge in [-0.2, -0.15) is 0 Å². The lowest BCUT2D eigenvalue weighted by Gasteiger charge is -2.48. The highest BCUT2D eigenvalue weighted by Crippen LogP contribution is 2.67. The lowest BCUT2D eigenvalue weighted by Crippen LogP contribution is -2.35. The zero-order valence-electron chi connectivity index (χ0n) is 24.3. The highest BCUT2D eigenvalue weighted by atomic mass is 15.3. The van der Waals surface area contributed by atoms with E-state index in [0.29, 0.717) is 0 Å². The first kappa shape index (κ1) is 23.9. The first-order chi connectivity index (χ1) is 21.7. The van der Waals surface area contributed by atoms with Gasteiger partial charge in [0, 0.05) is 16.7 Å². The van der Waals surface area contributed by atoms with Crippen LogP contribution in [-0.4, -0.2) is 0 Å². The van der Waals surface area contributed by atoms with Gasteiger partial charge in [0.15, 0.2) is 0 Å². The fourth-order valence-electron chi connectivity index (χ4n) is 8.17. The Morgan fingerprint density at radius 1 is 0.432 bits per heavy atom. The van der Waals surface area contributed by atoms with Crippen molar-refractivity contribution < 1.29 is 0 Å². The summed E-state index contributed by atoms with van der Waals surface area (Å²) in [6, 6.07) is 56.0. The van der Waals surface area contributed by atoms with E-state index in [-0.39, 0.29) is 5.41 Å². The van der Waals surface area contributed by atoms with Gasteiger partial charge in [0.2, 0.25) is 0 Å². The Hall–Kier alpha value is -5.60. The first-order valence-electron chi connectivity index (χ1n) is 15.4. The van der Waals surface area contributed by atoms with Gasteiger partial charge in [0.25, 0.3) is 0 Å². The van der Waals surface area contributed by atoms with Crippen molar-refractivity contribution in [1.29, 1.82) is 0 Å². The van der Waals surface area contributed by atoms with E-state index in [1.54, 1.807) is 0 Å². The van der Waals surface area contributed by atoms with E-state index in [2.05, 4.69) is 168 Å². The molecule has 0 saturated carbocycles. The molecule has 0 aromatic heterocycles. The van der Waals surface area contributed by atoms with Gasteiger partial charge in [-0.15, -0.1) is 0 Å². The second-order valence-electron chi connectivity index (χ2n) is 12.3. The molecule has 2 nitrogen and oxygen atoms in total.